The first-order valence-electron chi connectivity index (χ1n) is 42.9. The molecule has 12 rings (SSSR count). The number of nitrogens with one attached hydrogen (secondary N) is 9. The third-order valence-electron chi connectivity index (χ3n) is 17.8. The number of imidazole rings is 1. The van der Waals surface area contributed by atoms with E-state index in [1.807, 2.05) is 97.5 Å². The predicted molar refractivity (Wildman–Crippen MR) is 562 cm³/mol. The van der Waals surface area contributed by atoms with Crippen LogP contribution in [-0.2, 0) is 50.2 Å². The van der Waals surface area contributed by atoms with Gasteiger partial charge in [0.05, 0.1) is 87.5 Å². The molecular weight excluding hydrogens is 1870 g/mol. The number of hydrogen-bond acceptors (Lipinski definition) is 21. The fourth-order valence-electron chi connectivity index (χ4n) is 11.0. The largest absolute Gasteiger partial charge is 0.465 e. The van der Waals surface area contributed by atoms with Crippen LogP contribution in [0, 0.1) is 10.5 Å². The Morgan fingerprint density at radius 3 is 0.774 bits per heavy atom. The number of ether oxygens (including phenoxy) is 5. The number of rotatable bonds is 18. The van der Waals surface area contributed by atoms with E-state index in [0.29, 0.717) is 102 Å². The first-order valence-corrected chi connectivity index (χ1v) is 44.9. The number of nitrogens with zero attached hydrogens (tertiary/aromatic N) is 2. The fraction of sp³-hybridized carbons (Fsp3) is 0.248. The van der Waals surface area contributed by atoms with Crippen molar-refractivity contribution in [3.63, 3.8) is 0 Å². The summed E-state index contributed by atoms with van der Waals surface area (Å²) in [6, 6.07) is 77.0. The smallest absolute Gasteiger partial charge is 0.412 e. The first kappa shape index (κ1) is 114. The molecule has 137 heavy (non-hydrogen) atoms. The van der Waals surface area contributed by atoms with Crippen LogP contribution in [0.15, 0.2) is 279 Å². The molecule has 0 aliphatic heterocycles. The van der Waals surface area contributed by atoms with Gasteiger partial charge in [-0.05, 0) is 306 Å². The minimum Gasteiger partial charge on any atom is -0.465 e. The second kappa shape index (κ2) is 56.9. The molecule has 726 valence electrons. The number of esters is 1. The fourth-order valence-corrected chi connectivity index (χ4v) is 11.4. The van der Waals surface area contributed by atoms with Crippen molar-refractivity contribution in [3.05, 3.63) is 339 Å². The molecule has 0 aliphatic rings. The summed E-state index contributed by atoms with van der Waals surface area (Å²) in [5, 5.41) is 33.5. The summed E-state index contributed by atoms with van der Waals surface area (Å²) in [6.45, 7) is 27.4. The molecule has 0 radical (unpaired) electrons. The number of aryl methyl sites for hydroxylation is 4. The highest BCUT2D eigenvalue weighted by molar-refractivity contribution is 14.1. The molecule has 11 aromatic carbocycles. The summed E-state index contributed by atoms with van der Waals surface area (Å²) >= 11 is 5.71. The highest BCUT2D eigenvalue weighted by atomic mass is 127. The number of anilines is 12. The first-order chi connectivity index (χ1) is 64.3. The van der Waals surface area contributed by atoms with Crippen LogP contribution >= 0.6 is 35.2 Å². The maximum Gasteiger partial charge on any atom is 0.412 e. The number of benzene rings is 11. The van der Waals surface area contributed by atoms with Crippen molar-refractivity contribution >= 4 is 163 Å². The second-order valence-corrected chi connectivity index (χ2v) is 34.5. The number of halogens is 1. The number of methoxy groups -OCH3 is 1. The van der Waals surface area contributed by atoms with Crippen molar-refractivity contribution in [2.24, 2.45) is 7.05 Å². The molecule has 1 heterocycles. The van der Waals surface area contributed by atoms with Crippen LogP contribution in [0.25, 0.3) is 0 Å². The molecule has 9 amide bonds. The summed E-state index contributed by atoms with van der Waals surface area (Å²) < 4.78 is 28.6. The highest BCUT2D eigenvalue weighted by Gasteiger charge is 2.24. The summed E-state index contributed by atoms with van der Waals surface area (Å²) in [7, 11) is 3.26. The normalized spacial score (nSPS) is 10.3. The van der Waals surface area contributed by atoms with Crippen molar-refractivity contribution in [1.29, 1.82) is 0 Å². The van der Waals surface area contributed by atoms with Gasteiger partial charge in [-0.3, -0.25) is 45.2 Å². The molecule has 0 unspecified atom stereocenters. The summed E-state index contributed by atoms with van der Waals surface area (Å²) in [6.07, 6.45) is 4.94. The Hall–Kier alpha value is -15.0. The van der Waals surface area contributed by atoms with Crippen LogP contribution in [0.1, 0.15) is 189 Å². The third-order valence-corrected chi connectivity index (χ3v) is 18.6. The van der Waals surface area contributed by atoms with Gasteiger partial charge >= 0.3 is 30.3 Å². The van der Waals surface area contributed by atoms with Gasteiger partial charge in [0.25, 0.3) is 29.5 Å². The van der Waals surface area contributed by atoms with Crippen molar-refractivity contribution in [1.82, 2.24) is 9.55 Å². The number of carbonyl (C=O) groups excluding carboxylic acids is 10. The SMILES string of the molecule is C.CC(C)(C)OC(=O)Nc1ccccc1NC(=O)c1ccc(CO)cc1.CC(C)(C)OC(=O)Nc1ccccc1NC(=O)c1ccc(I)cc1.CCc1ccc(C(=O)Nc2ccccc2N)cc1.CCc1ccc(C(=O)Nc2ccccc2NC(=O)OC(C)(C)C)cc1.COC(=O)c1ccc(C(=O)Nc2ccccc2NC(=O)OC(C)(C)C)cc1.CS.Cc1nccn1C.Nc1ccccc1N. The number of nitrogen functional groups attached to an aromatic ring is 3. The highest BCUT2D eigenvalue weighted by Crippen LogP contribution is 2.29. The molecule has 0 bridgehead atoms. The minimum absolute atomic E-state index is 0. The summed E-state index contributed by atoms with van der Waals surface area (Å²) in [5.41, 5.74) is 26.3. The molecule has 16 N–H and O–H groups in total. The van der Waals surface area contributed by atoms with Crippen LogP contribution in [0.4, 0.5) is 87.4 Å². The van der Waals surface area contributed by atoms with Gasteiger partial charge in [0.2, 0.25) is 0 Å². The van der Waals surface area contributed by atoms with Crippen LogP contribution in [-0.4, -0.2) is 110 Å². The van der Waals surface area contributed by atoms with Crippen molar-refractivity contribution < 1.29 is 76.7 Å². The monoisotopic (exact) mass is 2000 g/mol. The average Bonchev–Trinajstić information content (AvgIpc) is 1.60. The van der Waals surface area contributed by atoms with Gasteiger partial charge in [0.1, 0.15) is 28.2 Å². The van der Waals surface area contributed by atoms with E-state index in [1.54, 1.807) is 265 Å². The van der Waals surface area contributed by atoms with E-state index in [1.165, 1.54) is 42.5 Å². The number of carbonyl (C=O) groups is 10. The Morgan fingerprint density at radius 1 is 0.343 bits per heavy atom. The lowest BCUT2D eigenvalue weighted by molar-refractivity contribution is 0.0595. The van der Waals surface area contributed by atoms with Crippen molar-refractivity contribution in [3.8, 4) is 0 Å². The lowest BCUT2D eigenvalue weighted by atomic mass is 10.1. The molecule has 12 aromatic rings. The van der Waals surface area contributed by atoms with Crippen LogP contribution < -0.4 is 65.1 Å². The number of thiol groups is 1. The molecule has 0 atom stereocenters. The van der Waals surface area contributed by atoms with Crippen molar-refractivity contribution in [2.45, 2.75) is 153 Å². The molecule has 0 saturated heterocycles. The lowest BCUT2D eigenvalue weighted by Gasteiger charge is -2.20. The van der Waals surface area contributed by atoms with Gasteiger partial charge in [-0.2, -0.15) is 12.6 Å². The van der Waals surface area contributed by atoms with E-state index in [9.17, 15) is 47.9 Å². The standard InChI is InChI=1S/C20H22N2O5.C20H24N2O3.C19H22N2O4.C18H19IN2O3.C15H16N2O.C6H8N2.C5H8N2.CH4S.CH4/c1-20(2,3)27-19(25)22-16-8-6-5-7-15(16)21-17(23)13-9-11-14(12-10-13)18(24)26-4;1-5-14-10-12-15(13-11-14)18(23)21-16-8-6-7-9-17(16)22-19(24)25-20(2,3)4;1-19(2,3)25-18(24)21-16-7-5-4-6-15(16)20-17(23)14-10-8-13(12-22)9-11-14;1-18(2,3)24-17(23)21-15-7-5-4-6-14(15)20-16(22)12-8-10-13(19)11-9-12;1-2-11-7-9-12(10-8-11)15(18)17-14-6-4-3-5-13(14)16;7-5-3-1-2-4-6(5)8;1-5-6-3-4-7(5)2;1-2;/h5-12H,1-4H3,(H,21,23)(H,22,25);6-13H,5H2,1-4H3,(H,21,23)(H,22,24);4-11,22H,12H2,1-3H3,(H,20,23)(H,21,24);4-11H,1-3H3,(H,20,22)(H,21,23);3-10H,2,16H2,1H3,(H,17,18);1-4H,7-8H2;3-4H,1-2H3;2H,1H3;1H4. The Bertz CT molecular complexity index is 5730. The Kier molecular flexibility index (Phi) is 47.4. The predicted octanol–water partition coefficient (Wildman–Crippen LogP) is 23.4. The number of hydrogen-bond donors (Lipinski definition) is 14. The van der Waals surface area contributed by atoms with Crippen LogP contribution in [0.2, 0.25) is 0 Å². The zero-order chi connectivity index (χ0) is 101. The Labute approximate surface area is 821 Å². The van der Waals surface area contributed by atoms with Crippen molar-refractivity contribution in [2.75, 3.05) is 78.4 Å². The molecule has 0 fully saturated rings. The number of aromatic nitrogens is 2. The number of nitrogens with two attached hydrogens (primary N) is 3. The second-order valence-electron chi connectivity index (χ2n) is 33.3. The molecule has 0 saturated carbocycles. The number of para-hydroxylation sites is 12. The molecular formula is C105H127IN14O16S. The van der Waals surface area contributed by atoms with E-state index in [2.05, 4.69) is 107 Å². The van der Waals surface area contributed by atoms with E-state index in [-0.39, 0.29) is 43.6 Å². The maximum absolute atomic E-state index is 12.5. The van der Waals surface area contributed by atoms with Gasteiger partial charge in [0, 0.05) is 50.8 Å². The number of aliphatic hydroxyl groups is 1. The van der Waals surface area contributed by atoms with Gasteiger partial charge in [0.15, 0.2) is 0 Å². The van der Waals surface area contributed by atoms with E-state index in [0.717, 1.165) is 27.8 Å². The van der Waals surface area contributed by atoms with Gasteiger partial charge in [-0.1, -0.05) is 130 Å². The summed E-state index contributed by atoms with van der Waals surface area (Å²) in [5.74, 6) is -0.747. The molecule has 32 heteroatoms. The molecule has 1 aromatic heterocycles. The van der Waals surface area contributed by atoms with Gasteiger partial charge in [-0.25, -0.2) is 29.0 Å². The molecule has 0 spiro atoms. The molecule has 0 aliphatic carbocycles. The molecule has 30 nitrogen and oxygen atoms in total. The van der Waals surface area contributed by atoms with E-state index < -0.39 is 52.7 Å². The lowest BCUT2D eigenvalue weighted by Crippen LogP contribution is -2.27. The van der Waals surface area contributed by atoms with E-state index in [4.69, 9.17) is 41.3 Å². The number of aliphatic hydroxyl groups excluding tert-OH is 1. The van der Waals surface area contributed by atoms with Crippen LogP contribution in [0.5, 0.6) is 0 Å². The minimum atomic E-state index is -0.635. The number of amides is 9. The topological polar surface area (TPSA) is 441 Å². The van der Waals surface area contributed by atoms with Gasteiger partial charge in [-0.15, -0.1) is 0 Å². The van der Waals surface area contributed by atoms with Gasteiger partial charge < -0.3 is 77.1 Å². The Balaban J connectivity index is 0.000000342. The Morgan fingerprint density at radius 2 is 0.562 bits per heavy atom. The maximum atomic E-state index is 12.5. The van der Waals surface area contributed by atoms with E-state index >= 15 is 0 Å². The van der Waals surface area contributed by atoms with Crippen LogP contribution in [0.3, 0.4) is 0 Å². The zero-order valence-corrected chi connectivity index (χ0v) is 82.8. The third kappa shape index (κ3) is 43.2. The summed E-state index contributed by atoms with van der Waals surface area (Å²) in [4.78, 5) is 125. The quantitative estimate of drug-likeness (QED) is 0.0125. The zero-order valence-electron chi connectivity index (χ0n) is 79.7. The average molecular weight is 2000 g/mol.